The summed E-state index contributed by atoms with van der Waals surface area (Å²) in [7, 11) is 1.34. The topological polar surface area (TPSA) is 66.8 Å². The highest BCUT2D eigenvalue weighted by Gasteiger charge is 2.22. The number of ether oxygens (including phenoxy) is 1. The summed E-state index contributed by atoms with van der Waals surface area (Å²) in [6.07, 6.45) is 0.0374. The van der Waals surface area contributed by atoms with Gasteiger partial charge in [-0.25, -0.2) is 4.79 Å². The number of rotatable bonds is 6. The molecule has 0 radical (unpaired) electrons. The van der Waals surface area contributed by atoms with E-state index < -0.39 is 5.97 Å². The maximum absolute atomic E-state index is 11.8. The van der Waals surface area contributed by atoms with E-state index in [1.807, 2.05) is 25.7 Å². The summed E-state index contributed by atoms with van der Waals surface area (Å²) >= 11 is 1.48. The number of carboxylic acids is 1. The Hall–Kier alpha value is -1.56. The fourth-order valence-corrected chi connectivity index (χ4v) is 2.94. The molecule has 1 N–H and O–H groups in total. The molecule has 0 amide bonds. The molecule has 1 aromatic heterocycles. The SMILES string of the molecule is COC(=O)c1cc(C)sc1N(CCC(=O)O)C(C)C. The van der Waals surface area contributed by atoms with Gasteiger partial charge in [-0.2, -0.15) is 0 Å². The summed E-state index contributed by atoms with van der Waals surface area (Å²) in [5.41, 5.74) is 0.504. The number of carboxylic acid groups (broad SMARTS) is 1. The Kier molecular flexibility index (Phi) is 5.35. The van der Waals surface area contributed by atoms with Crippen LogP contribution in [-0.2, 0) is 9.53 Å². The van der Waals surface area contributed by atoms with Gasteiger partial charge in [0.25, 0.3) is 0 Å². The second kappa shape index (κ2) is 6.56. The van der Waals surface area contributed by atoms with Crippen LogP contribution >= 0.6 is 11.3 Å². The average molecular weight is 285 g/mol. The maximum atomic E-state index is 11.8. The molecule has 106 valence electrons. The molecule has 0 atom stereocenters. The van der Waals surface area contributed by atoms with Crippen LogP contribution in [0.5, 0.6) is 0 Å². The third-order valence-corrected chi connectivity index (χ3v) is 3.78. The van der Waals surface area contributed by atoms with Gasteiger partial charge in [0.05, 0.1) is 19.1 Å². The molecule has 0 saturated carbocycles. The predicted octanol–water partition coefficient (Wildman–Crippen LogP) is 2.53. The van der Waals surface area contributed by atoms with Crippen molar-refractivity contribution in [3.8, 4) is 0 Å². The van der Waals surface area contributed by atoms with Gasteiger partial charge in [-0.05, 0) is 26.8 Å². The van der Waals surface area contributed by atoms with Crippen molar-refractivity contribution in [2.75, 3.05) is 18.6 Å². The van der Waals surface area contributed by atoms with Gasteiger partial charge < -0.3 is 14.7 Å². The predicted molar refractivity (Wildman–Crippen MR) is 75.1 cm³/mol. The number of nitrogens with zero attached hydrogens (tertiary/aromatic N) is 1. The summed E-state index contributed by atoms with van der Waals surface area (Å²) in [6, 6.07) is 1.89. The third-order valence-electron chi connectivity index (χ3n) is 2.69. The minimum atomic E-state index is -0.849. The Bertz CT molecular complexity index is 467. The summed E-state index contributed by atoms with van der Waals surface area (Å²) in [6.45, 7) is 6.23. The summed E-state index contributed by atoms with van der Waals surface area (Å²) in [5, 5.41) is 9.58. The average Bonchev–Trinajstić information content (AvgIpc) is 2.69. The van der Waals surface area contributed by atoms with Crippen LogP contribution < -0.4 is 4.90 Å². The van der Waals surface area contributed by atoms with E-state index in [2.05, 4.69) is 0 Å². The lowest BCUT2D eigenvalue weighted by Gasteiger charge is -2.27. The van der Waals surface area contributed by atoms with Crippen LogP contribution in [-0.4, -0.2) is 36.7 Å². The minimum Gasteiger partial charge on any atom is -0.481 e. The number of hydrogen-bond acceptors (Lipinski definition) is 5. The molecule has 0 unspecified atom stereocenters. The maximum Gasteiger partial charge on any atom is 0.340 e. The smallest absolute Gasteiger partial charge is 0.340 e. The van der Waals surface area contributed by atoms with Crippen molar-refractivity contribution in [1.82, 2.24) is 0 Å². The van der Waals surface area contributed by atoms with Gasteiger partial charge in [0.2, 0.25) is 0 Å². The lowest BCUT2D eigenvalue weighted by atomic mass is 10.2. The fraction of sp³-hybridized carbons (Fsp3) is 0.538. The molecule has 0 bridgehead atoms. The number of hydrogen-bond donors (Lipinski definition) is 1. The van der Waals surface area contributed by atoms with Gasteiger partial charge in [-0.1, -0.05) is 0 Å². The van der Waals surface area contributed by atoms with E-state index in [9.17, 15) is 9.59 Å². The number of thiophene rings is 1. The van der Waals surface area contributed by atoms with Crippen LogP contribution in [0.3, 0.4) is 0 Å². The molecular formula is C13H19NO4S. The third kappa shape index (κ3) is 3.96. The quantitative estimate of drug-likeness (QED) is 0.814. The first kappa shape index (κ1) is 15.5. The van der Waals surface area contributed by atoms with E-state index in [0.717, 1.165) is 9.88 Å². The molecule has 0 fully saturated rings. The van der Waals surface area contributed by atoms with Crippen molar-refractivity contribution in [2.45, 2.75) is 33.2 Å². The first-order valence-corrected chi connectivity index (χ1v) is 6.85. The van der Waals surface area contributed by atoms with Crippen LogP contribution in [0, 0.1) is 6.92 Å². The summed E-state index contributed by atoms with van der Waals surface area (Å²) < 4.78 is 4.77. The van der Waals surface area contributed by atoms with E-state index in [0.29, 0.717) is 12.1 Å². The molecule has 1 heterocycles. The Balaban J connectivity index is 3.08. The number of anilines is 1. The van der Waals surface area contributed by atoms with Crippen molar-refractivity contribution in [3.05, 3.63) is 16.5 Å². The number of carbonyl (C=O) groups is 2. The molecule has 1 aromatic rings. The van der Waals surface area contributed by atoms with E-state index in [1.54, 1.807) is 6.07 Å². The molecule has 0 aliphatic heterocycles. The minimum absolute atomic E-state index is 0.0374. The highest BCUT2D eigenvalue weighted by atomic mass is 32.1. The van der Waals surface area contributed by atoms with Crippen molar-refractivity contribution >= 4 is 28.3 Å². The summed E-state index contributed by atoms with van der Waals surface area (Å²) in [5.74, 6) is -1.24. The van der Waals surface area contributed by atoms with Crippen LogP contribution in [0.25, 0.3) is 0 Å². The van der Waals surface area contributed by atoms with Gasteiger partial charge in [-0.15, -0.1) is 11.3 Å². The zero-order chi connectivity index (χ0) is 14.6. The van der Waals surface area contributed by atoms with Crippen LogP contribution in [0.15, 0.2) is 6.07 Å². The fourth-order valence-electron chi connectivity index (χ4n) is 1.78. The molecule has 0 aliphatic rings. The van der Waals surface area contributed by atoms with Crippen molar-refractivity contribution in [3.63, 3.8) is 0 Å². The number of esters is 1. The molecule has 6 heteroatoms. The number of aliphatic carboxylic acids is 1. The first-order valence-electron chi connectivity index (χ1n) is 6.04. The van der Waals surface area contributed by atoms with Crippen molar-refractivity contribution in [1.29, 1.82) is 0 Å². The van der Waals surface area contributed by atoms with E-state index in [4.69, 9.17) is 9.84 Å². The number of carbonyl (C=O) groups excluding carboxylic acids is 1. The van der Waals surface area contributed by atoms with E-state index >= 15 is 0 Å². The van der Waals surface area contributed by atoms with Crippen molar-refractivity contribution in [2.24, 2.45) is 0 Å². The van der Waals surface area contributed by atoms with Gasteiger partial charge in [-0.3, -0.25) is 4.79 Å². The highest BCUT2D eigenvalue weighted by molar-refractivity contribution is 7.16. The lowest BCUT2D eigenvalue weighted by Crippen LogP contribution is -2.33. The van der Waals surface area contributed by atoms with Crippen LogP contribution in [0.1, 0.15) is 35.5 Å². The van der Waals surface area contributed by atoms with Gasteiger partial charge in [0.1, 0.15) is 5.00 Å². The number of aryl methyl sites for hydroxylation is 1. The Labute approximate surface area is 116 Å². The zero-order valence-corrected chi connectivity index (χ0v) is 12.4. The van der Waals surface area contributed by atoms with E-state index in [-0.39, 0.29) is 18.4 Å². The molecule has 0 aromatic carbocycles. The molecule has 0 spiro atoms. The molecule has 5 nitrogen and oxygen atoms in total. The molecule has 0 saturated heterocycles. The normalized spacial score (nSPS) is 10.6. The first-order chi connectivity index (χ1) is 8.86. The second-order valence-corrected chi connectivity index (χ2v) is 5.73. The summed E-state index contributed by atoms with van der Waals surface area (Å²) in [4.78, 5) is 25.4. The largest absolute Gasteiger partial charge is 0.481 e. The molecule has 1 rings (SSSR count). The molecule has 0 aliphatic carbocycles. The van der Waals surface area contributed by atoms with Gasteiger partial charge >= 0.3 is 11.9 Å². The lowest BCUT2D eigenvalue weighted by molar-refractivity contribution is -0.136. The number of methoxy groups -OCH3 is 1. The van der Waals surface area contributed by atoms with Gasteiger partial charge in [0, 0.05) is 17.5 Å². The van der Waals surface area contributed by atoms with Gasteiger partial charge in [0.15, 0.2) is 0 Å². The monoisotopic (exact) mass is 285 g/mol. The zero-order valence-electron chi connectivity index (χ0n) is 11.6. The van der Waals surface area contributed by atoms with Crippen LogP contribution in [0.4, 0.5) is 5.00 Å². The Morgan fingerprint density at radius 1 is 1.47 bits per heavy atom. The second-order valence-electron chi connectivity index (χ2n) is 4.50. The standard InChI is InChI=1S/C13H19NO4S/c1-8(2)14(6-5-11(15)16)12-10(13(17)18-4)7-9(3)19-12/h7-8H,5-6H2,1-4H3,(H,15,16). The van der Waals surface area contributed by atoms with Crippen molar-refractivity contribution < 1.29 is 19.4 Å². The molecule has 19 heavy (non-hydrogen) atoms. The highest BCUT2D eigenvalue weighted by Crippen LogP contribution is 2.33. The van der Waals surface area contributed by atoms with Crippen LogP contribution in [0.2, 0.25) is 0 Å². The van der Waals surface area contributed by atoms with E-state index in [1.165, 1.54) is 18.4 Å². The molecular weight excluding hydrogens is 266 g/mol. The Morgan fingerprint density at radius 2 is 2.11 bits per heavy atom. The Morgan fingerprint density at radius 3 is 2.58 bits per heavy atom.